The fourth-order valence-corrected chi connectivity index (χ4v) is 3.46. The van der Waals surface area contributed by atoms with Gasteiger partial charge in [-0.1, -0.05) is 0 Å². The first-order chi connectivity index (χ1) is 9.51. The predicted molar refractivity (Wildman–Crippen MR) is 77.3 cm³/mol. The Morgan fingerprint density at radius 3 is 2.85 bits per heavy atom. The number of carbonyl (C=O) groups is 2. The number of hydrogen-bond acceptors (Lipinski definition) is 4. The minimum atomic E-state index is -0.906. The van der Waals surface area contributed by atoms with Crippen LogP contribution >= 0.6 is 11.3 Å². The second-order valence-corrected chi connectivity index (χ2v) is 5.99. The van der Waals surface area contributed by atoms with Gasteiger partial charge in [0.1, 0.15) is 0 Å². The number of thiazole rings is 1. The maximum absolute atomic E-state index is 12.2. The van der Waals surface area contributed by atoms with E-state index >= 15 is 0 Å². The molecule has 6 nitrogen and oxygen atoms in total. The highest BCUT2D eigenvalue weighted by Crippen LogP contribution is 2.30. The number of hydrogen-bond donors (Lipinski definition) is 2. The molecule has 1 aliphatic carbocycles. The molecule has 0 fully saturated rings. The number of carboxylic acid groups (broad SMARTS) is 1. The Morgan fingerprint density at radius 2 is 2.25 bits per heavy atom. The summed E-state index contributed by atoms with van der Waals surface area (Å²) in [7, 11) is 0. The molecular formula is C13H19N3O3S. The third kappa shape index (κ3) is 3.27. The molecule has 2 N–H and O–H groups in total. The second-order valence-electron chi connectivity index (χ2n) is 4.91. The van der Waals surface area contributed by atoms with Crippen LogP contribution in [0.5, 0.6) is 0 Å². The molecule has 0 radical (unpaired) electrons. The lowest BCUT2D eigenvalue weighted by molar-refractivity contribution is -0.137. The Hall–Kier alpha value is -1.63. The molecule has 2 amide bonds. The number of fused-ring (bicyclic) bond motifs is 1. The van der Waals surface area contributed by atoms with E-state index in [-0.39, 0.29) is 18.5 Å². The molecular weight excluding hydrogens is 278 g/mol. The molecule has 1 aliphatic rings. The van der Waals surface area contributed by atoms with Crippen LogP contribution in [0.15, 0.2) is 0 Å². The van der Waals surface area contributed by atoms with Crippen LogP contribution in [-0.4, -0.2) is 39.6 Å². The molecule has 0 aromatic carbocycles. The van der Waals surface area contributed by atoms with Crippen molar-refractivity contribution in [2.75, 3.05) is 11.9 Å². The zero-order chi connectivity index (χ0) is 14.7. The molecule has 1 heterocycles. The summed E-state index contributed by atoms with van der Waals surface area (Å²) in [6.07, 6.45) is 3.10. The number of carbonyl (C=O) groups excluding carboxylic acids is 1. The summed E-state index contributed by atoms with van der Waals surface area (Å²) in [5.74, 6) is -0.906. The van der Waals surface area contributed by atoms with Crippen molar-refractivity contribution >= 4 is 28.5 Å². The lowest BCUT2D eigenvalue weighted by Gasteiger charge is -2.26. The highest BCUT2D eigenvalue weighted by molar-refractivity contribution is 7.15. The van der Waals surface area contributed by atoms with Gasteiger partial charge in [0.25, 0.3) is 0 Å². The van der Waals surface area contributed by atoms with Gasteiger partial charge in [0, 0.05) is 17.5 Å². The quantitative estimate of drug-likeness (QED) is 0.874. The predicted octanol–water partition coefficient (Wildman–Crippen LogP) is 2.35. The van der Waals surface area contributed by atoms with Gasteiger partial charge in [0.15, 0.2) is 5.13 Å². The molecule has 1 atom stereocenters. The van der Waals surface area contributed by atoms with E-state index in [4.69, 9.17) is 5.11 Å². The summed E-state index contributed by atoms with van der Waals surface area (Å²) >= 11 is 1.52. The van der Waals surface area contributed by atoms with Gasteiger partial charge < -0.3 is 10.0 Å². The van der Waals surface area contributed by atoms with E-state index in [9.17, 15) is 9.59 Å². The van der Waals surface area contributed by atoms with Crippen LogP contribution in [-0.2, 0) is 17.6 Å². The number of anilines is 1. The lowest BCUT2D eigenvalue weighted by Crippen LogP contribution is -2.42. The van der Waals surface area contributed by atoms with Gasteiger partial charge in [-0.3, -0.25) is 10.1 Å². The van der Waals surface area contributed by atoms with E-state index < -0.39 is 5.97 Å². The van der Waals surface area contributed by atoms with E-state index in [1.165, 1.54) is 21.1 Å². The molecule has 110 valence electrons. The van der Waals surface area contributed by atoms with Gasteiger partial charge in [0.2, 0.25) is 0 Å². The molecule has 7 heteroatoms. The molecule has 1 unspecified atom stereocenters. The molecule has 0 aliphatic heterocycles. The Kier molecular flexibility index (Phi) is 4.59. The van der Waals surface area contributed by atoms with Crippen LogP contribution in [0.2, 0.25) is 0 Å². The van der Waals surface area contributed by atoms with Crippen LogP contribution in [0.25, 0.3) is 0 Å². The maximum Gasteiger partial charge on any atom is 0.323 e. The molecule has 0 spiro atoms. The third-order valence-corrected chi connectivity index (χ3v) is 4.49. The summed E-state index contributed by atoms with van der Waals surface area (Å²) < 4.78 is 0. The molecule has 1 aromatic heterocycles. The number of amides is 2. The summed E-state index contributed by atoms with van der Waals surface area (Å²) in [5.41, 5.74) is 1.09. The number of urea groups is 1. The largest absolute Gasteiger partial charge is 0.481 e. The number of nitrogens with zero attached hydrogens (tertiary/aromatic N) is 2. The van der Waals surface area contributed by atoms with Crippen molar-refractivity contribution in [3.05, 3.63) is 10.6 Å². The van der Waals surface area contributed by atoms with Crippen molar-refractivity contribution in [3.63, 3.8) is 0 Å². The molecule has 1 aromatic rings. The van der Waals surface area contributed by atoms with Gasteiger partial charge in [0.05, 0.1) is 12.1 Å². The number of aryl methyl sites for hydroxylation is 2. The van der Waals surface area contributed by atoms with Gasteiger partial charge >= 0.3 is 12.0 Å². The average molecular weight is 297 g/mol. The zero-order valence-corrected chi connectivity index (χ0v) is 12.5. The van der Waals surface area contributed by atoms with Crippen LogP contribution in [0.1, 0.15) is 37.3 Å². The Labute approximate surface area is 121 Å². The van der Waals surface area contributed by atoms with Crippen molar-refractivity contribution < 1.29 is 14.7 Å². The van der Waals surface area contributed by atoms with Crippen LogP contribution in [0.3, 0.4) is 0 Å². The highest BCUT2D eigenvalue weighted by atomic mass is 32.1. The molecule has 0 bridgehead atoms. The minimum absolute atomic E-state index is 0.0599. The number of aliphatic carboxylic acids is 1. The Balaban J connectivity index is 1.99. The number of aromatic nitrogens is 1. The van der Waals surface area contributed by atoms with Gasteiger partial charge in [-0.15, -0.1) is 11.3 Å². The first-order valence-electron chi connectivity index (χ1n) is 6.79. The fourth-order valence-electron chi connectivity index (χ4n) is 2.43. The number of rotatable bonds is 5. The maximum atomic E-state index is 12.2. The van der Waals surface area contributed by atoms with Gasteiger partial charge in [-0.05, 0) is 33.1 Å². The van der Waals surface area contributed by atoms with Gasteiger partial charge in [-0.25, -0.2) is 9.78 Å². The monoisotopic (exact) mass is 297 g/mol. The zero-order valence-electron chi connectivity index (χ0n) is 11.7. The first-order valence-corrected chi connectivity index (χ1v) is 7.61. The fraction of sp³-hybridized carbons (Fsp3) is 0.615. The van der Waals surface area contributed by atoms with E-state index in [1.807, 2.05) is 6.92 Å². The third-order valence-electron chi connectivity index (χ3n) is 3.41. The van der Waals surface area contributed by atoms with Crippen LogP contribution in [0.4, 0.5) is 9.93 Å². The van der Waals surface area contributed by atoms with E-state index in [0.717, 1.165) is 25.0 Å². The van der Waals surface area contributed by atoms with Crippen molar-refractivity contribution in [1.82, 2.24) is 9.88 Å². The van der Waals surface area contributed by atoms with Gasteiger partial charge in [-0.2, -0.15) is 0 Å². The summed E-state index contributed by atoms with van der Waals surface area (Å²) in [6.45, 7) is 4.03. The summed E-state index contributed by atoms with van der Waals surface area (Å²) in [4.78, 5) is 30.1. The van der Waals surface area contributed by atoms with Crippen molar-refractivity contribution in [3.8, 4) is 0 Å². The molecule has 20 heavy (non-hydrogen) atoms. The normalized spacial score (nSPS) is 14.7. The standard InChI is InChI=1S/C13H19N3O3S/c1-3-16(8(2)7-11(17)18)13(19)15-12-14-9-5-4-6-10(9)20-12/h8H,3-7H2,1-2H3,(H,17,18)(H,14,15,19). The smallest absolute Gasteiger partial charge is 0.323 e. The lowest BCUT2D eigenvalue weighted by atomic mass is 10.2. The highest BCUT2D eigenvalue weighted by Gasteiger charge is 2.23. The Morgan fingerprint density at radius 1 is 1.50 bits per heavy atom. The summed E-state index contributed by atoms with van der Waals surface area (Å²) in [6, 6.07) is -0.627. The minimum Gasteiger partial charge on any atom is -0.481 e. The van der Waals surface area contributed by atoms with E-state index in [0.29, 0.717) is 11.7 Å². The topological polar surface area (TPSA) is 82.5 Å². The van der Waals surface area contributed by atoms with E-state index in [1.54, 1.807) is 6.92 Å². The van der Waals surface area contributed by atoms with Crippen molar-refractivity contribution in [2.24, 2.45) is 0 Å². The van der Waals surface area contributed by atoms with Crippen molar-refractivity contribution in [1.29, 1.82) is 0 Å². The number of nitrogens with one attached hydrogen (secondary N) is 1. The molecule has 0 saturated carbocycles. The van der Waals surface area contributed by atoms with Crippen LogP contribution in [0, 0.1) is 0 Å². The second kappa shape index (κ2) is 6.21. The summed E-state index contributed by atoms with van der Waals surface area (Å²) in [5, 5.41) is 12.2. The Bertz CT molecular complexity index is 493. The molecule has 0 saturated heterocycles. The van der Waals surface area contributed by atoms with Crippen LogP contribution < -0.4 is 5.32 Å². The SMILES string of the molecule is CCN(C(=O)Nc1nc2c(s1)CCC2)C(C)CC(=O)O. The average Bonchev–Trinajstić information content (AvgIpc) is 2.89. The number of carboxylic acids is 1. The van der Waals surface area contributed by atoms with E-state index in [2.05, 4.69) is 10.3 Å². The first kappa shape index (κ1) is 14.8. The van der Waals surface area contributed by atoms with Crippen molar-refractivity contribution in [2.45, 2.75) is 45.6 Å². The molecule has 2 rings (SSSR count).